The molecule has 0 aliphatic heterocycles. The van der Waals surface area contributed by atoms with E-state index in [1.54, 1.807) is 31.2 Å². The van der Waals surface area contributed by atoms with Crippen LogP contribution >= 0.6 is 23.2 Å². The fourth-order valence-electron chi connectivity index (χ4n) is 1.44. The van der Waals surface area contributed by atoms with Crippen LogP contribution in [0.1, 0.15) is 5.82 Å². The molecule has 0 fully saturated rings. The largest absolute Gasteiger partial charge is 0.339 e. The molecule has 0 unspecified atom stereocenters. The number of aromatic nitrogens is 2. The van der Waals surface area contributed by atoms with Crippen LogP contribution in [0.5, 0.6) is 0 Å². The molecule has 0 spiro atoms. The molecule has 0 aliphatic carbocycles. The number of hydrazine groups is 1. The fourth-order valence-corrected chi connectivity index (χ4v) is 1.77. The Morgan fingerprint density at radius 3 is 2.56 bits per heavy atom. The van der Waals surface area contributed by atoms with Gasteiger partial charge in [0.25, 0.3) is 0 Å². The maximum Gasteiger partial charge on any atom is 0.145 e. The minimum Gasteiger partial charge on any atom is -0.339 e. The molecule has 1 aromatic heterocycles. The highest BCUT2D eigenvalue weighted by Gasteiger charge is 2.05. The number of nitrogens with two attached hydrogens (primary N) is 1. The van der Waals surface area contributed by atoms with Crippen molar-refractivity contribution in [3.63, 3.8) is 0 Å². The van der Waals surface area contributed by atoms with E-state index >= 15 is 0 Å². The number of nitrogen functional groups attached to an aromatic ring is 1. The van der Waals surface area contributed by atoms with Crippen LogP contribution in [0.4, 0.5) is 17.3 Å². The second-order valence-corrected chi connectivity index (χ2v) is 4.42. The standard InChI is InChI=1S/C11H11Cl2N5/c1-6-15-10(5-11(16-6)18-14)17-9-4-7(12)2-3-8(9)13/h2-5H,14H2,1H3,(H2,15,16,17,18). The summed E-state index contributed by atoms with van der Waals surface area (Å²) in [5.74, 6) is 7.01. The smallest absolute Gasteiger partial charge is 0.145 e. The molecule has 94 valence electrons. The van der Waals surface area contributed by atoms with E-state index in [-0.39, 0.29) is 0 Å². The molecule has 1 aromatic carbocycles. The Balaban J connectivity index is 2.33. The van der Waals surface area contributed by atoms with Gasteiger partial charge in [0.15, 0.2) is 0 Å². The zero-order valence-electron chi connectivity index (χ0n) is 9.54. The Morgan fingerprint density at radius 2 is 1.83 bits per heavy atom. The molecule has 2 aromatic rings. The molecule has 0 atom stereocenters. The lowest BCUT2D eigenvalue weighted by Crippen LogP contribution is -2.10. The minimum absolute atomic E-state index is 0.517. The van der Waals surface area contributed by atoms with Gasteiger partial charge >= 0.3 is 0 Å². The summed E-state index contributed by atoms with van der Waals surface area (Å²) >= 11 is 12.0. The lowest BCUT2D eigenvalue weighted by atomic mass is 10.3. The minimum atomic E-state index is 0.517. The third-order valence-electron chi connectivity index (χ3n) is 2.18. The predicted octanol–water partition coefficient (Wildman–Crippen LogP) is 3.12. The first-order chi connectivity index (χ1) is 8.58. The van der Waals surface area contributed by atoms with E-state index in [1.165, 1.54) is 0 Å². The van der Waals surface area contributed by atoms with E-state index in [2.05, 4.69) is 20.7 Å². The van der Waals surface area contributed by atoms with Crippen LogP contribution in [0.15, 0.2) is 24.3 Å². The highest BCUT2D eigenvalue weighted by atomic mass is 35.5. The van der Waals surface area contributed by atoms with Crippen molar-refractivity contribution in [2.24, 2.45) is 5.84 Å². The molecule has 2 rings (SSSR count). The number of halogens is 2. The molecule has 18 heavy (non-hydrogen) atoms. The van der Waals surface area contributed by atoms with Gasteiger partial charge in [-0.1, -0.05) is 23.2 Å². The van der Waals surface area contributed by atoms with Crippen molar-refractivity contribution in [2.75, 3.05) is 10.7 Å². The Hall–Kier alpha value is -1.56. The van der Waals surface area contributed by atoms with Crippen molar-refractivity contribution in [1.82, 2.24) is 9.97 Å². The van der Waals surface area contributed by atoms with E-state index in [1.807, 2.05) is 0 Å². The van der Waals surface area contributed by atoms with E-state index in [0.717, 1.165) is 0 Å². The molecule has 4 N–H and O–H groups in total. The van der Waals surface area contributed by atoms with Crippen LogP contribution in [0.25, 0.3) is 0 Å². The Kier molecular flexibility index (Phi) is 3.86. The second kappa shape index (κ2) is 5.39. The Bertz CT molecular complexity index is 573. The van der Waals surface area contributed by atoms with Crippen LogP contribution in [-0.4, -0.2) is 9.97 Å². The van der Waals surface area contributed by atoms with Crippen molar-refractivity contribution in [1.29, 1.82) is 0 Å². The first-order valence-electron chi connectivity index (χ1n) is 5.13. The van der Waals surface area contributed by atoms with Crippen LogP contribution in [0, 0.1) is 6.92 Å². The van der Waals surface area contributed by atoms with Crippen molar-refractivity contribution in [3.8, 4) is 0 Å². The Morgan fingerprint density at radius 1 is 1.11 bits per heavy atom. The molecule has 0 aliphatic rings. The van der Waals surface area contributed by atoms with Crippen molar-refractivity contribution in [3.05, 3.63) is 40.1 Å². The number of anilines is 3. The van der Waals surface area contributed by atoms with Crippen LogP contribution < -0.4 is 16.6 Å². The zero-order valence-corrected chi connectivity index (χ0v) is 11.0. The third kappa shape index (κ3) is 3.01. The Labute approximate surface area is 114 Å². The van der Waals surface area contributed by atoms with Gasteiger partial charge in [0, 0.05) is 11.1 Å². The fraction of sp³-hybridized carbons (Fsp3) is 0.0909. The predicted molar refractivity (Wildman–Crippen MR) is 74.3 cm³/mol. The van der Waals surface area contributed by atoms with Crippen LogP contribution in [0.3, 0.4) is 0 Å². The van der Waals surface area contributed by atoms with Gasteiger partial charge in [0.05, 0.1) is 10.7 Å². The summed E-state index contributed by atoms with van der Waals surface area (Å²) in [7, 11) is 0. The molecule has 7 heteroatoms. The topological polar surface area (TPSA) is 75.9 Å². The maximum atomic E-state index is 6.05. The average Bonchev–Trinajstić information content (AvgIpc) is 2.33. The number of aryl methyl sites for hydroxylation is 1. The van der Waals surface area contributed by atoms with E-state index in [9.17, 15) is 0 Å². The van der Waals surface area contributed by atoms with Crippen molar-refractivity contribution >= 4 is 40.5 Å². The van der Waals surface area contributed by atoms with Crippen LogP contribution in [0.2, 0.25) is 10.0 Å². The normalized spacial score (nSPS) is 10.2. The SMILES string of the molecule is Cc1nc(NN)cc(Nc2cc(Cl)ccc2Cl)n1. The summed E-state index contributed by atoms with van der Waals surface area (Å²) in [6, 6.07) is 6.82. The highest BCUT2D eigenvalue weighted by molar-refractivity contribution is 6.35. The molecule has 0 amide bonds. The lowest BCUT2D eigenvalue weighted by molar-refractivity contribution is 1.05. The molecule has 0 saturated carbocycles. The molecular formula is C11H11Cl2N5. The summed E-state index contributed by atoms with van der Waals surface area (Å²) in [6.07, 6.45) is 0. The third-order valence-corrected chi connectivity index (χ3v) is 2.74. The van der Waals surface area contributed by atoms with Gasteiger partial charge in [-0.15, -0.1) is 0 Å². The van der Waals surface area contributed by atoms with E-state index in [4.69, 9.17) is 29.0 Å². The maximum absolute atomic E-state index is 6.05. The number of rotatable bonds is 3. The van der Waals surface area contributed by atoms with Gasteiger partial charge in [-0.3, -0.25) is 0 Å². The van der Waals surface area contributed by atoms with Gasteiger partial charge in [-0.25, -0.2) is 15.8 Å². The van der Waals surface area contributed by atoms with Gasteiger partial charge in [0.1, 0.15) is 17.5 Å². The van der Waals surface area contributed by atoms with Gasteiger partial charge in [-0.05, 0) is 25.1 Å². The summed E-state index contributed by atoms with van der Waals surface area (Å²) in [5.41, 5.74) is 3.14. The first-order valence-corrected chi connectivity index (χ1v) is 5.88. The van der Waals surface area contributed by atoms with Gasteiger partial charge in [0.2, 0.25) is 0 Å². The summed E-state index contributed by atoms with van der Waals surface area (Å²) in [6.45, 7) is 1.77. The number of benzene rings is 1. The number of hydrogen-bond acceptors (Lipinski definition) is 5. The zero-order chi connectivity index (χ0) is 13.1. The molecule has 5 nitrogen and oxygen atoms in total. The van der Waals surface area contributed by atoms with Gasteiger partial charge < -0.3 is 10.7 Å². The number of hydrogen-bond donors (Lipinski definition) is 3. The monoisotopic (exact) mass is 283 g/mol. The average molecular weight is 284 g/mol. The lowest BCUT2D eigenvalue weighted by Gasteiger charge is -2.10. The molecule has 0 saturated heterocycles. The number of nitrogens with one attached hydrogen (secondary N) is 2. The molecular weight excluding hydrogens is 273 g/mol. The van der Waals surface area contributed by atoms with E-state index < -0.39 is 0 Å². The van der Waals surface area contributed by atoms with Crippen molar-refractivity contribution < 1.29 is 0 Å². The van der Waals surface area contributed by atoms with E-state index in [0.29, 0.717) is 33.2 Å². The van der Waals surface area contributed by atoms with Crippen molar-refractivity contribution in [2.45, 2.75) is 6.92 Å². The first kappa shape index (κ1) is 12.9. The highest BCUT2D eigenvalue weighted by Crippen LogP contribution is 2.28. The quantitative estimate of drug-likeness (QED) is 0.596. The number of nitrogens with zero attached hydrogens (tertiary/aromatic N) is 2. The summed E-state index contributed by atoms with van der Waals surface area (Å²) in [5, 5.41) is 4.21. The molecule has 1 heterocycles. The summed E-state index contributed by atoms with van der Waals surface area (Å²) < 4.78 is 0. The molecule has 0 radical (unpaired) electrons. The van der Waals surface area contributed by atoms with Crippen LogP contribution in [-0.2, 0) is 0 Å². The molecule has 0 bridgehead atoms. The summed E-state index contributed by atoms with van der Waals surface area (Å²) in [4.78, 5) is 8.32. The van der Waals surface area contributed by atoms with Gasteiger partial charge in [-0.2, -0.15) is 0 Å². The second-order valence-electron chi connectivity index (χ2n) is 3.58.